The van der Waals surface area contributed by atoms with Gasteiger partial charge in [0.2, 0.25) is 5.91 Å². The first kappa shape index (κ1) is 16.2. The Balaban J connectivity index is 1.99. The van der Waals surface area contributed by atoms with Crippen LogP contribution in [0, 0.1) is 13.8 Å². The fourth-order valence-corrected chi connectivity index (χ4v) is 3.38. The van der Waals surface area contributed by atoms with Crippen molar-refractivity contribution in [3.63, 3.8) is 0 Å². The first-order valence-electron chi connectivity index (χ1n) is 6.96. The van der Waals surface area contributed by atoms with Crippen molar-refractivity contribution >= 4 is 21.4 Å². The Labute approximate surface area is 131 Å². The van der Waals surface area contributed by atoms with Gasteiger partial charge in [0.05, 0.1) is 5.75 Å². The smallest absolute Gasteiger partial charge is 0.239 e. The average molecular weight is 317 g/mol. The Bertz CT molecular complexity index is 765. The fourth-order valence-electron chi connectivity index (χ4n) is 2.11. The lowest BCUT2D eigenvalue weighted by Crippen LogP contribution is -2.24. The average Bonchev–Trinajstić information content (AvgIpc) is 2.40. The van der Waals surface area contributed by atoms with Crippen LogP contribution in [-0.2, 0) is 20.4 Å². The summed E-state index contributed by atoms with van der Waals surface area (Å²) in [5.74, 6) is -1.17. The molecule has 0 aromatic heterocycles. The number of sulfone groups is 1. The third kappa shape index (κ3) is 5.00. The molecule has 2 aromatic carbocycles. The van der Waals surface area contributed by atoms with Crippen molar-refractivity contribution in [2.45, 2.75) is 19.6 Å². The Morgan fingerprint density at radius 2 is 1.68 bits per heavy atom. The van der Waals surface area contributed by atoms with Crippen molar-refractivity contribution in [3.8, 4) is 0 Å². The lowest BCUT2D eigenvalue weighted by Gasteiger charge is -2.07. The number of anilines is 1. The van der Waals surface area contributed by atoms with E-state index in [9.17, 15) is 13.2 Å². The van der Waals surface area contributed by atoms with E-state index < -0.39 is 21.5 Å². The van der Waals surface area contributed by atoms with Crippen molar-refractivity contribution in [2.75, 3.05) is 11.1 Å². The maximum atomic E-state index is 12.1. The van der Waals surface area contributed by atoms with Crippen LogP contribution in [0.1, 0.15) is 16.7 Å². The zero-order chi connectivity index (χ0) is 16.2. The molecule has 1 amide bonds. The van der Waals surface area contributed by atoms with Gasteiger partial charge in [0, 0.05) is 5.69 Å². The van der Waals surface area contributed by atoms with Crippen LogP contribution in [0.5, 0.6) is 0 Å². The van der Waals surface area contributed by atoms with E-state index in [1.54, 1.807) is 24.3 Å². The highest BCUT2D eigenvalue weighted by Gasteiger charge is 2.17. The van der Waals surface area contributed by atoms with Gasteiger partial charge in [0.25, 0.3) is 0 Å². The highest BCUT2D eigenvalue weighted by molar-refractivity contribution is 7.91. The van der Waals surface area contributed by atoms with E-state index >= 15 is 0 Å². The van der Waals surface area contributed by atoms with Crippen LogP contribution in [0.2, 0.25) is 0 Å². The summed E-state index contributed by atoms with van der Waals surface area (Å²) in [5, 5.41) is 2.62. The van der Waals surface area contributed by atoms with Crippen LogP contribution in [0.15, 0.2) is 48.5 Å². The number of rotatable bonds is 5. The largest absolute Gasteiger partial charge is 0.325 e. The number of amides is 1. The molecule has 0 bridgehead atoms. The molecular formula is C17H19NO3S. The lowest BCUT2D eigenvalue weighted by molar-refractivity contribution is -0.113. The molecule has 0 aliphatic carbocycles. The molecule has 0 heterocycles. The molecule has 0 aliphatic heterocycles. The fraction of sp³-hybridized carbons (Fsp3) is 0.235. The SMILES string of the molecule is Cc1ccc(CS(=O)(=O)CC(=O)Nc2cccc(C)c2)cc1. The monoisotopic (exact) mass is 317 g/mol. The van der Waals surface area contributed by atoms with Gasteiger partial charge in [0.15, 0.2) is 9.84 Å². The van der Waals surface area contributed by atoms with Gasteiger partial charge in [-0.1, -0.05) is 42.0 Å². The zero-order valence-electron chi connectivity index (χ0n) is 12.7. The first-order valence-corrected chi connectivity index (χ1v) is 8.79. The predicted molar refractivity (Wildman–Crippen MR) is 88.5 cm³/mol. The highest BCUT2D eigenvalue weighted by atomic mass is 32.2. The Kier molecular flexibility index (Phi) is 4.98. The van der Waals surface area contributed by atoms with Crippen molar-refractivity contribution in [1.82, 2.24) is 0 Å². The maximum absolute atomic E-state index is 12.1. The summed E-state index contributed by atoms with van der Waals surface area (Å²) in [4.78, 5) is 11.9. The first-order chi connectivity index (χ1) is 10.3. The maximum Gasteiger partial charge on any atom is 0.239 e. The van der Waals surface area contributed by atoms with Gasteiger partial charge >= 0.3 is 0 Å². The van der Waals surface area contributed by atoms with E-state index in [0.29, 0.717) is 11.3 Å². The van der Waals surface area contributed by atoms with E-state index in [1.165, 1.54) is 0 Å². The van der Waals surface area contributed by atoms with Crippen LogP contribution in [0.4, 0.5) is 5.69 Å². The van der Waals surface area contributed by atoms with E-state index in [1.807, 2.05) is 38.1 Å². The van der Waals surface area contributed by atoms with E-state index in [-0.39, 0.29) is 5.75 Å². The van der Waals surface area contributed by atoms with Gasteiger partial charge in [-0.3, -0.25) is 4.79 Å². The van der Waals surface area contributed by atoms with E-state index in [2.05, 4.69) is 5.32 Å². The molecule has 0 unspecified atom stereocenters. The van der Waals surface area contributed by atoms with Crippen molar-refractivity contribution < 1.29 is 13.2 Å². The van der Waals surface area contributed by atoms with E-state index in [0.717, 1.165) is 11.1 Å². The van der Waals surface area contributed by atoms with Gasteiger partial charge in [-0.25, -0.2) is 8.42 Å². The molecule has 2 rings (SSSR count). The molecule has 1 N–H and O–H groups in total. The molecule has 22 heavy (non-hydrogen) atoms. The molecule has 0 atom stereocenters. The van der Waals surface area contributed by atoms with Crippen LogP contribution in [0.25, 0.3) is 0 Å². The molecule has 116 valence electrons. The predicted octanol–water partition coefficient (Wildman–Crippen LogP) is 2.86. The normalized spacial score (nSPS) is 11.2. The van der Waals surface area contributed by atoms with Gasteiger partial charge in [-0.2, -0.15) is 0 Å². The van der Waals surface area contributed by atoms with Crippen molar-refractivity contribution in [2.24, 2.45) is 0 Å². The van der Waals surface area contributed by atoms with Crippen LogP contribution >= 0.6 is 0 Å². The summed E-state index contributed by atoms with van der Waals surface area (Å²) in [5.41, 5.74) is 3.36. The summed E-state index contributed by atoms with van der Waals surface area (Å²) in [6, 6.07) is 14.5. The van der Waals surface area contributed by atoms with Gasteiger partial charge < -0.3 is 5.32 Å². The van der Waals surface area contributed by atoms with Crippen LogP contribution in [0.3, 0.4) is 0 Å². The minimum absolute atomic E-state index is 0.130. The molecule has 0 fully saturated rings. The van der Waals surface area contributed by atoms with Crippen LogP contribution in [-0.4, -0.2) is 20.1 Å². The molecular weight excluding hydrogens is 298 g/mol. The second kappa shape index (κ2) is 6.75. The Morgan fingerprint density at radius 3 is 2.32 bits per heavy atom. The summed E-state index contributed by atoms with van der Waals surface area (Å²) >= 11 is 0. The highest BCUT2D eigenvalue weighted by Crippen LogP contribution is 2.11. The second-order valence-corrected chi connectivity index (χ2v) is 7.50. The minimum atomic E-state index is -3.49. The van der Waals surface area contributed by atoms with E-state index in [4.69, 9.17) is 0 Å². The molecule has 0 saturated carbocycles. The number of aryl methyl sites for hydroxylation is 2. The number of hydrogen-bond donors (Lipinski definition) is 1. The summed E-state index contributed by atoms with van der Waals surface area (Å²) in [6.07, 6.45) is 0. The summed E-state index contributed by atoms with van der Waals surface area (Å²) in [7, 11) is -3.49. The van der Waals surface area contributed by atoms with Gasteiger partial charge in [-0.05, 0) is 37.1 Å². The summed E-state index contributed by atoms with van der Waals surface area (Å²) in [6.45, 7) is 3.84. The minimum Gasteiger partial charge on any atom is -0.325 e. The van der Waals surface area contributed by atoms with Crippen LogP contribution < -0.4 is 5.32 Å². The second-order valence-electron chi connectivity index (χ2n) is 5.44. The number of hydrogen-bond acceptors (Lipinski definition) is 3. The molecule has 2 aromatic rings. The molecule has 0 saturated heterocycles. The number of carbonyl (C=O) groups excluding carboxylic acids is 1. The van der Waals surface area contributed by atoms with Crippen molar-refractivity contribution in [3.05, 3.63) is 65.2 Å². The molecule has 0 radical (unpaired) electrons. The molecule has 0 aliphatic rings. The number of benzene rings is 2. The zero-order valence-corrected chi connectivity index (χ0v) is 13.5. The molecule has 0 spiro atoms. The Morgan fingerprint density at radius 1 is 1.00 bits per heavy atom. The summed E-state index contributed by atoms with van der Waals surface area (Å²) < 4.78 is 24.2. The third-order valence-corrected chi connectivity index (χ3v) is 4.64. The number of nitrogens with one attached hydrogen (secondary N) is 1. The lowest BCUT2D eigenvalue weighted by atomic mass is 10.2. The third-order valence-electron chi connectivity index (χ3n) is 3.16. The quantitative estimate of drug-likeness (QED) is 0.922. The molecule has 5 heteroatoms. The van der Waals surface area contributed by atoms with Crippen molar-refractivity contribution in [1.29, 1.82) is 0 Å². The standard InChI is InChI=1S/C17H19NO3S/c1-13-6-8-15(9-7-13)11-22(20,21)12-17(19)18-16-5-3-4-14(2)10-16/h3-10H,11-12H2,1-2H3,(H,18,19). The Hall–Kier alpha value is -2.14. The number of carbonyl (C=O) groups is 1. The topological polar surface area (TPSA) is 63.2 Å². The molecule has 4 nitrogen and oxygen atoms in total. The van der Waals surface area contributed by atoms with Gasteiger partial charge in [0.1, 0.15) is 5.75 Å². The van der Waals surface area contributed by atoms with Gasteiger partial charge in [-0.15, -0.1) is 0 Å².